The summed E-state index contributed by atoms with van der Waals surface area (Å²) in [5.74, 6) is -0.179. The molecule has 0 saturated heterocycles. The number of carbonyl (C=O) groups is 1. The molecule has 1 saturated carbocycles. The lowest BCUT2D eigenvalue weighted by Crippen LogP contribution is -2.20. The van der Waals surface area contributed by atoms with E-state index in [1.54, 1.807) is 23.0 Å². The number of primary amides is 1. The van der Waals surface area contributed by atoms with Crippen LogP contribution in [0.3, 0.4) is 0 Å². The molecule has 0 bridgehead atoms. The second-order valence-corrected chi connectivity index (χ2v) is 7.75. The minimum absolute atomic E-state index is 0.0148. The lowest BCUT2D eigenvalue weighted by molar-refractivity contribution is -0.274. The van der Waals surface area contributed by atoms with Crippen molar-refractivity contribution in [3.8, 4) is 11.4 Å². The maximum Gasteiger partial charge on any atom is 0.573 e. The third-order valence-electron chi connectivity index (χ3n) is 5.33. The first kappa shape index (κ1) is 21.7. The van der Waals surface area contributed by atoms with E-state index in [1.165, 1.54) is 18.2 Å². The number of hydrogen-bond acceptors (Lipinski definition) is 5. The molecule has 32 heavy (non-hydrogen) atoms. The van der Waals surface area contributed by atoms with Gasteiger partial charge in [-0.05, 0) is 49.9 Å². The number of ether oxygens (including phenoxy) is 1. The van der Waals surface area contributed by atoms with E-state index in [-0.39, 0.29) is 18.1 Å². The summed E-state index contributed by atoms with van der Waals surface area (Å²) in [6.07, 6.45) is -0.245. The lowest BCUT2D eigenvalue weighted by Gasteiger charge is -2.27. The Balaban J connectivity index is 1.78. The van der Waals surface area contributed by atoms with Gasteiger partial charge in [-0.2, -0.15) is 0 Å². The Morgan fingerprint density at radius 3 is 2.69 bits per heavy atom. The highest BCUT2D eigenvalue weighted by atomic mass is 19.4. The Hall–Kier alpha value is -3.56. The average Bonchev–Trinajstić information content (AvgIpc) is 2.97. The molecule has 3 N–H and O–H groups in total. The highest BCUT2D eigenvalue weighted by Crippen LogP contribution is 2.43. The predicted molar refractivity (Wildman–Crippen MR) is 112 cm³/mol. The first-order valence-electron chi connectivity index (χ1n) is 10.2. The van der Waals surface area contributed by atoms with E-state index < -0.39 is 12.3 Å². The van der Waals surface area contributed by atoms with Gasteiger partial charge in [-0.25, -0.2) is 4.68 Å². The van der Waals surface area contributed by atoms with Crippen molar-refractivity contribution >= 4 is 17.4 Å². The first-order chi connectivity index (χ1) is 15.2. The third kappa shape index (κ3) is 4.84. The fourth-order valence-electron chi connectivity index (χ4n) is 3.80. The van der Waals surface area contributed by atoms with Gasteiger partial charge in [0.1, 0.15) is 5.75 Å². The molecule has 1 aromatic carbocycles. The van der Waals surface area contributed by atoms with Gasteiger partial charge in [0, 0.05) is 29.2 Å². The SMILES string of the molecule is Cc1cc(-n2nc(Nc3cccc(OC(F)(F)F)c3)c(C3CCC3)c2CC(N)=O)ccn1. The van der Waals surface area contributed by atoms with Crippen LogP contribution in [0.4, 0.5) is 24.7 Å². The van der Waals surface area contributed by atoms with Crippen LogP contribution in [0.1, 0.15) is 42.1 Å². The summed E-state index contributed by atoms with van der Waals surface area (Å²) in [7, 11) is 0. The largest absolute Gasteiger partial charge is 0.573 e. The van der Waals surface area contributed by atoms with E-state index in [2.05, 4.69) is 20.1 Å². The zero-order valence-electron chi connectivity index (χ0n) is 17.3. The van der Waals surface area contributed by atoms with Crippen molar-refractivity contribution in [2.75, 3.05) is 5.32 Å². The molecule has 168 valence electrons. The normalized spacial score (nSPS) is 14.1. The standard InChI is InChI=1S/C22H22F3N5O2/c1-13-10-16(8-9-27-13)30-18(12-19(26)31)20(14-4-2-5-14)21(29-30)28-15-6-3-7-17(11-15)32-22(23,24)25/h3,6-11,14H,2,4-5,12H2,1H3,(H2,26,31)(H,28,29). The van der Waals surface area contributed by atoms with Gasteiger partial charge in [0.2, 0.25) is 5.91 Å². The molecule has 10 heteroatoms. The number of anilines is 2. The second kappa shape index (κ2) is 8.52. The number of nitrogens with zero attached hydrogens (tertiary/aromatic N) is 3. The number of alkyl halides is 3. The van der Waals surface area contributed by atoms with Crippen LogP contribution < -0.4 is 15.8 Å². The van der Waals surface area contributed by atoms with Gasteiger partial charge in [-0.1, -0.05) is 12.5 Å². The van der Waals surface area contributed by atoms with E-state index in [4.69, 9.17) is 5.73 Å². The summed E-state index contributed by atoms with van der Waals surface area (Å²) in [5, 5.41) is 7.80. The maximum atomic E-state index is 12.6. The number of benzene rings is 1. The molecule has 3 aromatic rings. The van der Waals surface area contributed by atoms with Crippen LogP contribution in [0.2, 0.25) is 0 Å². The number of hydrogen-bond donors (Lipinski definition) is 2. The molecule has 0 radical (unpaired) electrons. The number of aromatic nitrogens is 3. The molecule has 0 aliphatic heterocycles. The predicted octanol–water partition coefficient (Wildman–Crippen LogP) is 4.51. The average molecular weight is 445 g/mol. The summed E-state index contributed by atoms with van der Waals surface area (Å²) in [4.78, 5) is 16.1. The Kier molecular flexibility index (Phi) is 5.77. The molecule has 2 heterocycles. The van der Waals surface area contributed by atoms with Gasteiger partial charge in [0.25, 0.3) is 0 Å². The molecular formula is C22H22F3N5O2. The second-order valence-electron chi connectivity index (χ2n) is 7.75. The van der Waals surface area contributed by atoms with Crippen LogP contribution in [-0.2, 0) is 11.2 Å². The van der Waals surface area contributed by atoms with Gasteiger partial charge in [0.05, 0.1) is 17.8 Å². The van der Waals surface area contributed by atoms with Crippen LogP contribution in [0.25, 0.3) is 5.69 Å². The highest BCUT2D eigenvalue weighted by molar-refractivity contribution is 5.78. The van der Waals surface area contributed by atoms with Crippen molar-refractivity contribution < 1.29 is 22.7 Å². The molecule has 1 fully saturated rings. The Morgan fingerprint density at radius 1 is 1.28 bits per heavy atom. The number of nitrogens with two attached hydrogens (primary N) is 1. The van der Waals surface area contributed by atoms with Gasteiger partial charge >= 0.3 is 6.36 Å². The maximum absolute atomic E-state index is 12.6. The zero-order valence-corrected chi connectivity index (χ0v) is 17.3. The molecule has 0 spiro atoms. The van der Waals surface area contributed by atoms with Crippen LogP contribution in [0.5, 0.6) is 5.75 Å². The monoisotopic (exact) mass is 445 g/mol. The van der Waals surface area contributed by atoms with Crippen molar-refractivity contribution in [2.24, 2.45) is 5.73 Å². The summed E-state index contributed by atoms with van der Waals surface area (Å²) >= 11 is 0. The molecule has 4 rings (SSSR count). The molecule has 1 amide bonds. The molecule has 0 unspecified atom stereocenters. The van der Waals surface area contributed by atoms with Gasteiger partial charge in [-0.15, -0.1) is 18.3 Å². The molecule has 0 atom stereocenters. The Labute approximate surface area is 182 Å². The fraction of sp³-hybridized carbons (Fsp3) is 0.318. The minimum atomic E-state index is -4.79. The van der Waals surface area contributed by atoms with Gasteiger partial charge in [-0.3, -0.25) is 9.78 Å². The third-order valence-corrected chi connectivity index (χ3v) is 5.33. The highest BCUT2D eigenvalue weighted by Gasteiger charge is 2.32. The van der Waals surface area contributed by atoms with E-state index in [0.29, 0.717) is 17.2 Å². The lowest BCUT2D eigenvalue weighted by atomic mass is 9.79. The number of aryl methyl sites for hydroxylation is 1. The molecule has 2 aromatic heterocycles. The van der Waals surface area contributed by atoms with E-state index in [9.17, 15) is 18.0 Å². The number of halogens is 3. The van der Waals surface area contributed by atoms with Crippen LogP contribution >= 0.6 is 0 Å². The fourth-order valence-corrected chi connectivity index (χ4v) is 3.80. The number of nitrogens with one attached hydrogen (secondary N) is 1. The van der Waals surface area contributed by atoms with Gasteiger partial charge in [0.15, 0.2) is 5.82 Å². The van der Waals surface area contributed by atoms with Crippen molar-refractivity contribution in [1.82, 2.24) is 14.8 Å². The summed E-state index contributed by atoms with van der Waals surface area (Å²) in [6, 6.07) is 9.17. The topological polar surface area (TPSA) is 95.1 Å². The summed E-state index contributed by atoms with van der Waals surface area (Å²) in [5.41, 5.74) is 8.93. The van der Waals surface area contributed by atoms with Gasteiger partial charge < -0.3 is 15.8 Å². The smallest absolute Gasteiger partial charge is 0.406 e. The van der Waals surface area contributed by atoms with Crippen molar-refractivity contribution in [3.63, 3.8) is 0 Å². The number of carbonyl (C=O) groups excluding carboxylic acids is 1. The Morgan fingerprint density at radius 2 is 2.06 bits per heavy atom. The quantitative estimate of drug-likeness (QED) is 0.558. The van der Waals surface area contributed by atoms with E-state index in [1.807, 2.05) is 13.0 Å². The molecule has 1 aliphatic rings. The number of rotatable bonds is 7. The van der Waals surface area contributed by atoms with Crippen molar-refractivity contribution in [1.29, 1.82) is 0 Å². The number of pyridine rings is 1. The van der Waals surface area contributed by atoms with Crippen LogP contribution in [-0.4, -0.2) is 27.0 Å². The number of amides is 1. The summed E-state index contributed by atoms with van der Waals surface area (Å²) in [6.45, 7) is 1.85. The zero-order chi connectivity index (χ0) is 22.9. The van der Waals surface area contributed by atoms with Crippen molar-refractivity contribution in [2.45, 2.75) is 44.9 Å². The van der Waals surface area contributed by atoms with E-state index in [0.717, 1.165) is 36.2 Å². The molecule has 7 nitrogen and oxygen atoms in total. The minimum Gasteiger partial charge on any atom is -0.406 e. The summed E-state index contributed by atoms with van der Waals surface area (Å²) < 4.78 is 43.5. The van der Waals surface area contributed by atoms with E-state index >= 15 is 0 Å². The van der Waals surface area contributed by atoms with Crippen LogP contribution in [0.15, 0.2) is 42.6 Å². The van der Waals surface area contributed by atoms with Crippen LogP contribution in [0, 0.1) is 6.92 Å². The molecular weight excluding hydrogens is 423 g/mol. The first-order valence-corrected chi connectivity index (χ1v) is 10.2. The Bertz CT molecular complexity index is 1140. The van der Waals surface area contributed by atoms with Crippen molar-refractivity contribution in [3.05, 3.63) is 59.5 Å². The molecule has 1 aliphatic carbocycles.